The van der Waals surface area contributed by atoms with Gasteiger partial charge >= 0.3 is 5.97 Å². The molecule has 0 bridgehead atoms. The van der Waals surface area contributed by atoms with Crippen LogP contribution in [0, 0.1) is 11.8 Å². The van der Waals surface area contributed by atoms with Gasteiger partial charge in [-0.25, -0.2) is 0 Å². The van der Waals surface area contributed by atoms with E-state index in [0.29, 0.717) is 25.8 Å². The lowest BCUT2D eigenvalue weighted by atomic mass is 9.77. The van der Waals surface area contributed by atoms with Crippen molar-refractivity contribution in [2.75, 3.05) is 26.2 Å². The monoisotopic (exact) mass is 593 g/mol. The molecule has 10 heteroatoms. The van der Waals surface area contributed by atoms with Gasteiger partial charge in [-0.05, 0) is 38.2 Å². The summed E-state index contributed by atoms with van der Waals surface area (Å²) < 4.78 is 12.8. The normalized spacial score (nSPS) is 32.5. The van der Waals surface area contributed by atoms with Gasteiger partial charge in [-0.3, -0.25) is 19.2 Å². The number of ether oxygens (including phenoxy) is 2. The van der Waals surface area contributed by atoms with Crippen LogP contribution in [0.5, 0.6) is 0 Å². The molecule has 10 nitrogen and oxygen atoms in total. The number of amides is 3. The SMILES string of the molecule is CCCC(C)N1CC=C[C@]23O[C@@H]4/C=C\CCC(=O)NC[C@@H](c5ccccc5)OC(=O)[C@@H]4[C@H]2C(=O)N(CCCCO)[C@@H]3C1=O. The number of nitrogens with one attached hydrogen (secondary N) is 1. The molecule has 1 aromatic rings. The minimum absolute atomic E-state index is 0.0233. The number of nitrogens with zero attached hydrogens (tertiary/aromatic N) is 2. The number of esters is 1. The predicted octanol–water partition coefficient (Wildman–Crippen LogP) is 2.68. The van der Waals surface area contributed by atoms with Crippen LogP contribution in [0.15, 0.2) is 54.6 Å². The molecule has 232 valence electrons. The maximum Gasteiger partial charge on any atom is 0.313 e. The van der Waals surface area contributed by atoms with Gasteiger partial charge in [0.1, 0.15) is 23.7 Å². The molecule has 7 atom stereocenters. The molecule has 2 fully saturated rings. The first-order valence-electron chi connectivity index (χ1n) is 15.6. The van der Waals surface area contributed by atoms with Crippen LogP contribution in [0.4, 0.5) is 0 Å². The number of carbonyl (C=O) groups is 4. The summed E-state index contributed by atoms with van der Waals surface area (Å²) in [6.07, 6.45) is 9.08. The molecule has 0 aromatic heterocycles. The number of aliphatic hydroxyl groups is 1. The molecule has 1 aromatic carbocycles. The lowest BCUT2D eigenvalue weighted by molar-refractivity contribution is -0.160. The second kappa shape index (κ2) is 13.4. The zero-order valence-corrected chi connectivity index (χ0v) is 25.0. The Morgan fingerprint density at radius 2 is 1.88 bits per heavy atom. The van der Waals surface area contributed by atoms with E-state index in [1.807, 2.05) is 49.4 Å². The first-order valence-corrected chi connectivity index (χ1v) is 15.6. The summed E-state index contributed by atoms with van der Waals surface area (Å²) in [6.45, 7) is 4.81. The molecule has 5 rings (SSSR count). The van der Waals surface area contributed by atoms with Crippen molar-refractivity contribution in [3.63, 3.8) is 0 Å². The Labute approximate surface area is 253 Å². The third-order valence-corrected chi connectivity index (χ3v) is 9.12. The van der Waals surface area contributed by atoms with Gasteiger partial charge in [0.15, 0.2) is 0 Å². The van der Waals surface area contributed by atoms with Crippen LogP contribution in [-0.2, 0) is 28.7 Å². The number of carbonyl (C=O) groups excluding carboxylic acids is 4. The van der Waals surface area contributed by atoms with Crippen LogP contribution < -0.4 is 5.32 Å². The maximum atomic E-state index is 14.4. The summed E-state index contributed by atoms with van der Waals surface area (Å²) in [7, 11) is 0. The van der Waals surface area contributed by atoms with Gasteiger partial charge in [0.25, 0.3) is 0 Å². The molecule has 2 saturated heterocycles. The number of allylic oxidation sites excluding steroid dienone is 1. The molecule has 3 amide bonds. The highest BCUT2D eigenvalue weighted by molar-refractivity contribution is 5.99. The smallest absolute Gasteiger partial charge is 0.313 e. The van der Waals surface area contributed by atoms with Gasteiger partial charge in [-0.1, -0.05) is 68.0 Å². The van der Waals surface area contributed by atoms with Gasteiger partial charge in [0.05, 0.1) is 18.6 Å². The van der Waals surface area contributed by atoms with Crippen molar-refractivity contribution in [2.45, 2.75) is 82.3 Å². The van der Waals surface area contributed by atoms with Crippen molar-refractivity contribution in [3.05, 3.63) is 60.2 Å². The minimum Gasteiger partial charge on any atom is -0.455 e. The van der Waals surface area contributed by atoms with Gasteiger partial charge in [-0.15, -0.1) is 0 Å². The second-order valence-electron chi connectivity index (χ2n) is 11.9. The first kappa shape index (κ1) is 30.9. The Balaban J connectivity index is 1.56. The van der Waals surface area contributed by atoms with Crippen molar-refractivity contribution >= 4 is 23.7 Å². The lowest BCUT2D eigenvalue weighted by Crippen LogP contribution is -2.56. The lowest BCUT2D eigenvalue weighted by Gasteiger charge is -2.37. The van der Waals surface area contributed by atoms with Crippen molar-refractivity contribution < 1.29 is 33.8 Å². The summed E-state index contributed by atoms with van der Waals surface area (Å²) >= 11 is 0. The van der Waals surface area contributed by atoms with Crippen molar-refractivity contribution in [1.82, 2.24) is 15.1 Å². The number of benzene rings is 1. The molecule has 2 N–H and O–H groups in total. The van der Waals surface area contributed by atoms with Gasteiger partial charge < -0.3 is 29.7 Å². The number of hydrogen-bond donors (Lipinski definition) is 2. The number of rotatable bonds is 8. The topological polar surface area (TPSA) is 125 Å². The molecule has 4 heterocycles. The Bertz CT molecular complexity index is 1250. The Kier molecular flexibility index (Phi) is 9.66. The average Bonchev–Trinajstić information content (AvgIpc) is 3.37. The number of hydrogen-bond acceptors (Lipinski definition) is 7. The molecular weight excluding hydrogens is 550 g/mol. The second-order valence-corrected chi connectivity index (χ2v) is 11.9. The van der Waals surface area contributed by atoms with E-state index < -0.39 is 41.7 Å². The summed E-state index contributed by atoms with van der Waals surface area (Å²) in [5.41, 5.74) is -0.635. The highest BCUT2D eigenvalue weighted by atomic mass is 16.6. The van der Waals surface area contributed by atoms with E-state index >= 15 is 0 Å². The van der Waals surface area contributed by atoms with E-state index in [2.05, 4.69) is 12.2 Å². The van der Waals surface area contributed by atoms with Crippen molar-refractivity contribution in [3.8, 4) is 0 Å². The molecule has 1 spiro atoms. The van der Waals surface area contributed by atoms with E-state index in [1.54, 1.807) is 22.0 Å². The fourth-order valence-corrected chi connectivity index (χ4v) is 7.03. The fraction of sp³-hybridized carbons (Fsp3) is 0.576. The zero-order chi connectivity index (χ0) is 30.6. The van der Waals surface area contributed by atoms with Crippen LogP contribution >= 0.6 is 0 Å². The Hall–Kier alpha value is -3.50. The molecule has 4 aliphatic heterocycles. The third kappa shape index (κ3) is 5.99. The summed E-state index contributed by atoms with van der Waals surface area (Å²) in [6, 6.07) is 8.21. The highest BCUT2D eigenvalue weighted by Crippen LogP contribution is 2.53. The van der Waals surface area contributed by atoms with Crippen LogP contribution in [0.2, 0.25) is 0 Å². The number of aliphatic hydroxyl groups excluding tert-OH is 1. The molecule has 4 aliphatic rings. The quantitative estimate of drug-likeness (QED) is 0.270. The number of fused-ring (bicyclic) bond motifs is 2. The van der Waals surface area contributed by atoms with Crippen LogP contribution in [0.3, 0.4) is 0 Å². The summed E-state index contributed by atoms with van der Waals surface area (Å²) in [5.74, 6) is -3.24. The molecule has 0 saturated carbocycles. The van der Waals surface area contributed by atoms with Crippen LogP contribution in [0.1, 0.15) is 64.0 Å². The van der Waals surface area contributed by atoms with E-state index in [1.165, 1.54) is 0 Å². The first-order chi connectivity index (χ1) is 20.8. The van der Waals surface area contributed by atoms with Crippen molar-refractivity contribution in [2.24, 2.45) is 11.8 Å². The molecule has 0 radical (unpaired) electrons. The highest BCUT2D eigenvalue weighted by Gasteiger charge is 2.71. The van der Waals surface area contributed by atoms with Gasteiger partial charge in [0.2, 0.25) is 17.7 Å². The summed E-state index contributed by atoms with van der Waals surface area (Å²) in [4.78, 5) is 58.7. The molecule has 1 unspecified atom stereocenters. The van der Waals surface area contributed by atoms with E-state index in [-0.39, 0.29) is 49.9 Å². The van der Waals surface area contributed by atoms with E-state index in [9.17, 15) is 24.3 Å². The van der Waals surface area contributed by atoms with E-state index in [0.717, 1.165) is 18.4 Å². The molecular formula is C33H43N3O7. The van der Waals surface area contributed by atoms with Crippen LogP contribution in [0.25, 0.3) is 0 Å². The average molecular weight is 594 g/mol. The largest absolute Gasteiger partial charge is 0.455 e. The van der Waals surface area contributed by atoms with Gasteiger partial charge in [-0.2, -0.15) is 0 Å². The number of cyclic esters (lactones) is 1. The van der Waals surface area contributed by atoms with Gasteiger partial charge in [0, 0.05) is 32.2 Å². The third-order valence-electron chi connectivity index (χ3n) is 9.12. The van der Waals surface area contributed by atoms with E-state index in [4.69, 9.17) is 9.47 Å². The molecule has 0 aliphatic carbocycles. The Morgan fingerprint density at radius 1 is 1.09 bits per heavy atom. The maximum absolute atomic E-state index is 14.4. The summed E-state index contributed by atoms with van der Waals surface area (Å²) in [5, 5.41) is 12.3. The number of unbranched alkanes of at least 4 members (excludes halogenated alkanes) is 1. The Morgan fingerprint density at radius 3 is 2.63 bits per heavy atom. The zero-order valence-electron chi connectivity index (χ0n) is 25.0. The van der Waals surface area contributed by atoms with Crippen LogP contribution in [-0.4, -0.2) is 88.6 Å². The standard InChI is InChI=1S/C33H43N3O7/c1-3-12-22(2)35-19-11-17-33-28(30(39)36(18-9-10-20-37)29(33)31(35)40)27-24(43-33)15-7-8-16-26(38)34-21-25(42-32(27)41)23-13-5-4-6-14-23/h4-7,11,13-15,17,22,24-25,27-29,37H,3,8-10,12,16,18-21H2,1-2H3,(H,34,38)/b15-7-/t22?,24-,25+,27+,28+,29-,33+/m1/s1. The molecule has 43 heavy (non-hydrogen) atoms. The van der Waals surface area contributed by atoms with Crippen molar-refractivity contribution in [1.29, 1.82) is 0 Å². The predicted molar refractivity (Wildman–Crippen MR) is 158 cm³/mol. The number of likely N-dealkylation sites (tertiary alicyclic amines) is 1. The fourth-order valence-electron chi connectivity index (χ4n) is 7.03. The minimum atomic E-state index is -1.36.